The first-order chi connectivity index (χ1) is 14.3. The van der Waals surface area contributed by atoms with E-state index in [0.29, 0.717) is 36.4 Å². The Bertz CT molecular complexity index is 1080. The van der Waals surface area contributed by atoms with Crippen LogP contribution >= 0.6 is 0 Å². The van der Waals surface area contributed by atoms with Crippen LogP contribution in [0, 0.1) is 13.8 Å². The summed E-state index contributed by atoms with van der Waals surface area (Å²) in [7, 11) is -2.19. The zero-order valence-electron chi connectivity index (χ0n) is 17.9. The summed E-state index contributed by atoms with van der Waals surface area (Å²) in [6, 6.07) is 11.4. The van der Waals surface area contributed by atoms with Gasteiger partial charge in [0.2, 0.25) is 5.91 Å². The van der Waals surface area contributed by atoms with Gasteiger partial charge in [-0.3, -0.25) is 4.79 Å². The van der Waals surface area contributed by atoms with Gasteiger partial charge in [-0.2, -0.15) is 0 Å². The second kappa shape index (κ2) is 7.73. The molecule has 30 heavy (non-hydrogen) atoms. The molecule has 0 N–H and O–H groups in total. The van der Waals surface area contributed by atoms with Gasteiger partial charge in [0.1, 0.15) is 5.75 Å². The molecule has 5 nitrogen and oxygen atoms in total. The Kier molecular flexibility index (Phi) is 5.39. The summed E-state index contributed by atoms with van der Waals surface area (Å²) < 4.78 is 31.8. The highest BCUT2D eigenvalue weighted by Crippen LogP contribution is 2.43. The topological polar surface area (TPSA) is 63.7 Å². The van der Waals surface area contributed by atoms with Crippen LogP contribution in [0.3, 0.4) is 0 Å². The van der Waals surface area contributed by atoms with Gasteiger partial charge in [0, 0.05) is 13.1 Å². The third-order valence-electron chi connectivity index (χ3n) is 6.66. The van der Waals surface area contributed by atoms with Gasteiger partial charge in [-0.1, -0.05) is 31.0 Å². The van der Waals surface area contributed by atoms with Gasteiger partial charge in [-0.15, -0.1) is 0 Å². The van der Waals surface area contributed by atoms with Crippen molar-refractivity contribution in [3.63, 3.8) is 0 Å². The predicted octanol–water partition coefficient (Wildman–Crippen LogP) is 3.98. The molecule has 2 aliphatic rings. The van der Waals surface area contributed by atoms with E-state index in [2.05, 4.69) is 0 Å². The maximum atomic E-state index is 13.9. The Morgan fingerprint density at radius 3 is 2.47 bits per heavy atom. The zero-order chi connectivity index (χ0) is 21.5. The van der Waals surface area contributed by atoms with E-state index in [1.807, 2.05) is 44.2 Å². The smallest absolute Gasteiger partial charge is 0.244 e. The summed E-state index contributed by atoms with van der Waals surface area (Å²) in [5, 5.41) is 0. The third kappa shape index (κ3) is 3.31. The number of hydrogen-bond acceptors (Lipinski definition) is 4. The number of fused-ring (bicyclic) bond motifs is 1. The molecule has 1 aliphatic heterocycles. The predicted molar refractivity (Wildman–Crippen MR) is 116 cm³/mol. The molecule has 2 aromatic rings. The number of ether oxygens (including phenoxy) is 1. The van der Waals surface area contributed by atoms with Crippen molar-refractivity contribution in [3.8, 4) is 5.75 Å². The van der Waals surface area contributed by atoms with Gasteiger partial charge in [-0.25, -0.2) is 8.42 Å². The van der Waals surface area contributed by atoms with Crippen molar-refractivity contribution in [2.75, 3.05) is 13.7 Å². The van der Waals surface area contributed by atoms with Gasteiger partial charge in [0.15, 0.2) is 14.6 Å². The molecule has 6 heteroatoms. The van der Waals surface area contributed by atoms with Crippen molar-refractivity contribution >= 4 is 15.7 Å². The normalized spacial score (nSPS) is 18.2. The van der Waals surface area contributed by atoms with Crippen LogP contribution in [0.2, 0.25) is 0 Å². The number of methoxy groups -OCH3 is 1. The lowest BCUT2D eigenvalue weighted by Gasteiger charge is -2.37. The Balaban J connectivity index is 1.72. The van der Waals surface area contributed by atoms with E-state index in [1.165, 1.54) is 5.56 Å². The summed E-state index contributed by atoms with van der Waals surface area (Å²) in [5.74, 6) is 0.510. The highest BCUT2D eigenvalue weighted by atomic mass is 32.2. The molecule has 2 aromatic carbocycles. The molecule has 4 rings (SSSR count). The molecule has 1 aliphatic carbocycles. The van der Waals surface area contributed by atoms with E-state index in [1.54, 1.807) is 18.1 Å². The van der Waals surface area contributed by atoms with Crippen molar-refractivity contribution < 1.29 is 17.9 Å². The number of nitrogens with zero attached hydrogens (tertiary/aromatic N) is 1. The van der Waals surface area contributed by atoms with E-state index in [-0.39, 0.29) is 5.91 Å². The maximum Gasteiger partial charge on any atom is 0.244 e. The van der Waals surface area contributed by atoms with E-state index < -0.39 is 14.6 Å². The van der Waals surface area contributed by atoms with Crippen LogP contribution in [-0.4, -0.2) is 37.6 Å². The molecule has 160 valence electrons. The maximum absolute atomic E-state index is 13.9. The molecule has 0 saturated heterocycles. The highest BCUT2D eigenvalue weighted by molar-refractivity contribution is 7.93. The summed E-state index contributed by atoms with van der Waals surface area (Å²) in [6.45, 7) is 4.66. The number of carbonyl (C=O) groups excluding carboxylic acids is 1. The number of hydrogen-bond donors (Lipinski definition) is 0. The molecule has 0 aromatic heterocycles. The van der Waals surface area contributed by atoms with Crippen LogP contribution in [0.5, 0.6) is 5.75 Å². The van der Waals surface area contributed by atoms with Gasteiger partial charge in [0.05, 0.1) is 12.0 Å². The van der Waals surface area contributed by atoms with E-state index in [4.69, 9.17) is 4.74 Å². The van der Waals surface area contributed by atoms with Crippen molar-refractivity contribution in [1.82, 2.24) is 4.90 Å². The highest BCUT2D eigenvalue weighted by Gasteiger charge is 2.55. The summed E-state index contributed by atoms with van der Waals surface area (Å²) in [6.07, 6.45) is 3.03. The standard InChI is InChI=1S/C24H29NO4S/c1-17-6-7-18(2)22(14-17)30(27,28)24(11-4-5-12-24)23(26)25-13-10-19-8-9-21(29-3)15-20(19)16-25/h6-9,14-15H,4-5,10-13,16H2,1-3H3. The number of amides is 1. The fourth-order valence-corrected chi connectivity index (χ4v) is 7.31. The molecule has 0 atom stereocenters. The van der Waals surface area contributed by atoms with Crippen LogP contribution < -0.4 is 4.74 Å². The first kappa shape index (κ1) is 20.9. The summed E-state index contributed by atoms with van der Waals surface area (Å²) in [4.78, 5) is 15.9. The van der Waals surface area contributed by atoms with Gasteiger partial charge in [0.25, 0.3) is 0 Å². The van der Waals surface area contributed by atoms with Crippen molar-refractivity contribution in [2.24, 2.45) is 0 Å². The average Bonchev–Trinajstić information content (AvgIpc) is 3.26. The van der Waals surface area contributed by atoms with Crippen molar-refractivity contribution in [1.29, 1.82) is 0 Å². The lowest BCUT2D eigenvalue weighted by atomic mass is 9.97. The van der Waals surface area contributed by atoms with Crippen molar-refractivity contribution in [2.45, 2.75) is 62.1 Å². The number of carbonyl (C=O) groups is 1. The zero-order valence-corrected chi connectivity index (χ0v) is 18.7. The fourth-order valence-electron chi connectivity index (χ4n) is 4.87. The van der Waals surface area contributed by atoms with Gasteiger partial charge >= 0.3 is 0 Å². The molecule has 1 saturated carbocycles. The first-order valence-electron chi connectivity index (χ1n) is 10.6. The second-order valence-corrected chi connectivity index (χ2v) is 10.8. The number of benzene rings is 2. The quantitative estimate of drug-likeness (QED) is 0.740. The first-order valence-corrected chi connectivity index (χ1v) is 12.0. The lowest BCUT2D eigenvalue weighted by Crippen LogP contribution is -2.53. The van der Waals surface area contributed by atoms with Gasteiger partial charge < -0.3 is 9.64 Å². The van der Waals surface area contributed by atoms with E-state index in [0.717, 1.165) is 36.1 Å². The van der Waals surface area contributed by atoms with E-state index in [9.17, 15) is 13.2 Å². The minimum Gasteiger partial charge on any atom is -0.497 e. The summed E-state index contributed by atoms with van der Waals surface area (Å²) >= 11 is 0. The van der Waals surface area contributed by atoms with Crippen LogP contribution in [0.25, 0.3) is 0 Å². The third-order valence-corrected chi connectivity index (χ3v) is 9.29. The molecule has 0 bridgehead atoms. The van der Waals surface area contributed by atoms with Gasteiger partial charge in [-0.05, 0) is 73.6 Å². The molecular formula is C24H29NO4S. The molecular weight excluding hydrogens is 398 g/mol. The largest absolute Gasteiger partial charge is 0.497 e. The lowest BCUT2D eigenvalue weighted by molar-refractivity contribution is -0.134. The van der Waals surface area contributed by atoms with Crippen LogP contribution in [0.1, 0.15) is 47.9 Å². The monoisotopic (exact) mass is 427 g/mol. The SMILES string of the molecule is COc1ccc2c(c1)CN(C(=O)C1(S(=O)(=O)c3cc(C)ccc3C)CCCC1)CC2. The van der Waals surface area contributed by atoms with Crippen LogP contribution in [0.4, 0.5) is 0 Å². The van der Waals surface area contributed by atoms with Crippen LogP contribution in [0.15, 0.2) is 41.3 Å². The Hall–Kier alpha value is -2.34. The minimum atomic E-state index is -3.81. The Morgan fingerprint density at radius 2 is 1.77 bits per heavy atom. The molecule has 0 unspecified atom stereocenters. The number of rotatable bonds is 4. The number of sulfone groups is 1. The second-order valence-electron chi connectivity index (χ2n) is 8.59. The minimum absolute atomic E-state index is 0.241. The average molecular weight is 428 g/mol. The molecule has 1 fully saturated rings. The Morgan fingerprint density at radius 1 is 1.03 bits per heavy atom. The molecule has 0 radical (unpaired) electrons. The fraction of sp³-hybridized carbons (Fsp3) is 0.458. The molecule has 1 amide bonds. The summed E-state index contributed by atoms with van der Waals surface area (Å²) in [5.41, 5.74) is 3.82. The van der Waals surface area contributed by atoms with E-state index >= 15 is 0 Å². The number of aryl methyl sites for hydroxylation is 2. The Labute approximate surface area is 179 Å². The molecule has 1 heterocycles. The van der Waals surface area contributed by atoms with Crippen LogP contribution in [-0.2, 0) is 27.6 Å². The van der Waals surface area contributed by atoms with Crippen molar-refractivity contribution in [3.05, 3.63) is 58.7 Å². The molecule has 0 spiro atoms.